The Morgan fingerprint density at radius 2 is 2.22 bits per heavy atom. The smallest absolute Gasteiger partial charge is 0.251 e. The van der Waals surface area contributed by atoms with Crippen molar-refractivity contribution in [3.05, 3.63) is 35.1 Å². The normalized spacial score (nSPS) is 23.7. The molecule has 0 aromatic heterocycles. The van der Waals surface area contributed by atoms with Gasteiger partial charge in [0.15, 0.2) is 0 Å². The predicted molar refractivity (Wildman–Crippen MR) is 69.0 cm³/mol. The van der Waals surface area contributed by atoms with Crippen LogP contribution in [0.1, 0.15) is 29.3 Å². The first-order chi connectivity index (χ1) is 8.56. The van der Waals surface area contributed by atoms with E-state index in [1.165, 1.54) is 12.1 Å². The fraction of sp³-hybridized carbons (Fsp3) is 0.500. The minimum Gasteiger partial charge on any atom is -0.348 e. The second-order valence-electron chi connectivity index (χ2n) is 5.07. The topological polar surface area (TPSA) is 41.1 Å². The Hall–Kier alpha value is -1.42. The first kappa shape index (κ1) is 13.0. The molecule has 2 rings (SSSR count). The molecule has 18 heavy (non-hydrogen) atoms. The zero-order valence-corrected chi connectivity index (χ0v) is 10.8. The van der Waals surface area contributed by atoms with Gasteiger partial charge in [-0.05, 0) is 49.6 Å². The minimum atomic E-state index is -0.366. The Bertz CT molecular complexity index is 427. The average Bonchev–Trinajstić information content (AvgIpc) is 2.31. The molecule has 2 N–H and O–H groups in total. The molecule has 98 valence electrons. The summed E-state index contributed by atoms with van der Waals surface area (Å²) in [7, 11) is 0. The zero-order chi connectivity index (χ0) is 13.1. The van der Waals surface area contributed by atoms with Gasteiger partial charge in [-0.25, -0.2) is 4.39 Å². The maximum absolute atomic E-state index is 13.3. The molecule has 1 amide bonds. The number of carbonyl (C=O) groups is 1. The summed E-state index contributed by atoms with van der Waals surface area (Å²) in [6.45, 7) is 5.68. The van der Waals surface area contributed by atoms with E-state index in [1.54, 1.807) is 13.0 Å². The molecule has 2 atom stereocenters. The van der Waals surface area contributed by atoms with E-state index in [2.05, 4.69) is 17.6 Å². The third-order valence-electron chi connectivity index (χ3n) is 3.45. The van der Waals surface area contributed by atoms with Crippen molar-refractivity contribution in [1.29, 1.82) is 0 Å². The second-order valence-corrected chi connectivity index (χ2v) is 5.07. The molecule has 1 aromatic carbocycles. The van der Waals surface area contributed by atoms with Gasteiger partial charge in [0.05, 0.1) is 0 Å². The van der Waals surface area contributed by atoms with Crippen LogP contribution in [0.25, 0.3) is 0 Å². The molecule has 0 aliphatic carbocycles. The van der Waals surface area contributed by atoms with E-state index in [4.69, 9.17) is 0 Å². The van der Waals surface area contributed by atoms with E-state index in [-0.39, 0.29) is 17.8 Å². The standard InChI is InChI=1S/C14H19FN2O/c1-9-5-11(7-12(15)6-9)14(18)17-13-8-16-4-3-10(13)2/h5-7,10,13,16H,3-4,8H2,1-2H3,(H,17,18). The number of aryl methyl sites for hydroxylation is 1. The van der Waals surface area contributed by atoms with Crippen molar-refractivity contribution in [3.63, 3.8) is 0 Å². The first-order valence-corrected chi connectivity index (χ1v) is 6.35. The molecule has 4 heteroatoms. The predicted octanol–water partition coefficient (Wildman–Crippen LogP) is 1.86. The average molecular weight is 250 g/mol. The van der Waals surface area contributed by atoms with Crippen LogP contribution in [0.5, 0.6) is 0 Å². The van der Waals surface area contributed by atoms with Crippen LogP contribution in [0.2, 0.25) is 0 Å². The molecule has 2 unspecified atom stereocenters. The lowest BCUT2D eigenvalue weighted by atomic mass is 9.94. The van der Waals surface area contributed by atoms with Crippen molar-refractivity contribution in [1.82, 2.24) is 10.6 Å². The number of carbonyl (C=O) groups excluding carboxylic acids is 1. The Morgan fingerprint density at radius 1 is 1.44 bits per heavy atom. The van der Waals surface area contributed by atoms with Crippen molar-refractivity contribution >= 4 is 5.91 Å². The minimum absolute atomic E-state index is 0.120. The number of rotatable bonds is 2. The molecule has 0 bridgehead atoms. The molecule has 1 fully saturated rings. The third-order valence-corrected chi connectivity index (χ3v) is 3.45. The van der Waals surface area contributed by atoms with E-state index in [1.807, 2.05) is 0 Å². The zero-order valence-electron chi connectivity index (χ0n) is 10.8. The lowest BCUT2D eigenvalue weighted by Gasteiger charge is -2.30. The van der Waals surface area contributed by atoms with Crippen LogP contribution >= 0.6 is 0 Å². The molecule has 1 heterocycles. The molecular formula is C14H19FN2O. The van der Waals surface area contributed by atoms with Crippen molar-refractivity contribution in [2.24, 2.45) is 5.92 Å². The van der Waals surface area contributed by atoms with Crippen LogP contribution in [0.4, 0.5) is 4.39 Å². The molecule has 3 nitrogen and oxygen atoms in total. The van der Waals surface area contributed by atoms with Crippen LogP contribution < -0.4 is 10.6 Å². The second kappa shape index (κ2) is 5.48. The number of piperidine rings is 1. The SMILES string of the molecule is Cc1cc(F)cc(C(=O)NC2CNCCC2C)c1. The van der Waals surface area contributed by atoms with Gasteiger partial charge in [-0.15, -0.1) is 0 Å². The highest BCUT2D eigenvalue weighted by Gasteiger charge is 2.23. The van der Waals surface area contributed by atoms with E-state index < -0.39 is 0 Å². The molecule has 0 spiro atoms. The summed E-state index contributed by atoms with van der Waals surface area (Å²) in [6.07, 6.45) is 1.05. The van der Waals surface area contributed by atoms with Gasteiger partial charge in [-0.3, -0.25) is 4.79 Å². The fourth-order valence-electron chi connectivity index (χ4n) is 2.30. The summed E-state index contributed by atoms with van der Waals surface area (Å²) in [5.41, 5.74) is 1.15. The van der Waals surface area contributed by atoms with Crippen LogP contribution in [0.15, 0.2) is 18.2 Å². The molecule has 1 aliphatic rings. The summed E-state index contributed by atoms with van der Waals surface area (Å²) in [5.74, 6) is -0.113. The molecular weight excluding hydrogens is 231 g/mol. The number of amides is 1. The van der Waals surface area contributed by atoms with E-state index in [0.29, 0.717) is 11.5 Å². The summed E-state index contributed by atoms with van der Waals surface area (Å²) in [6, 6.07) is 4.53. The van der Waals surface area contributed by atoms with Gasteiger partial charge in [0.1, 0.15) is 5.82 Å². The van der Waals surface area contributed by atoms with Crippen LogP contribution in [0, 0.1) is 18.7 Å². The largest absolute Gasteiger partial charge is 0.348 e. The van der Waals surface area contributed by atoms with Gasteiger partial charge >= 0.3 is 0 Å². The summed E-state index contributed by atoms with van der Waals surface area (Å²) in [4.78, 5) is 12.1. The van der Waals surface area contributed by atoms with Crippen LogP contribution in [-0.2, 0) is 0 Å². The van der Waals surface area contributed by atoms with Crippen LogP contribution in [-0.4, -0.2) is 25.0 Å². The lowest BCUT2D eigenvalue weighted by molar-refractivity contribution is 0.0914. The van der Waals surface area contributed by atoms with Crippen molar-refractivity contribution < 1.29 is 9.18 Å². The van der Waals surface area contributed by atoms with Gasteiger partial charge < -0.3 is 10.6 Å². The van der Waals surface area contributed by atoms with Gasteiger partial charge in [-0.1, -0.05) is 6.92 Å². The number of halogens is 1. The van der Waals surface area contributed by atoms with Gasteiger partial charge in [0.25, 0.3) is 5.91 Å². The molecule has 1 aliphatic heterocycles. The van der Waals surface area contributed by atoms with Gasteiger partial charge in [0.2, 0.25) is 0 Å². The third kappa shape index (κ3) is 3.07. The van der Waals surface area contributed by atoms with Gasteiger partial charge in [0, 0.05) is 18.2 Å². The molecule has 1 saturated heterocycles. The van der Waals surface area contributed by atoms with E-state index in [9.17, 15) is 9.18 Å². The Morgan fingerprint density at radius 3 is 2.89 bits per heavy atom. The van der Waals surface area contributed by atoms with E-state index >= 15 is 0 Å². The van der Waals surface area contributed by atoms with Crippen molar-refractivity contribution in [2.75, 3.05) is 13.1 Å². The highest BCUT2D eigenvalue weighted by Crippen LogP contribution is 2.13. The van der Waals surface area contributed by atoms with Crippen LogP contribution in [0.3, 0.4) is 0 Å². The first-order valence-electron chi connectivity index (χ1n) is 6.35. The number of nitrogens with one attached hydrogen (secondary N) is 2. The van der Waals surface area contributed by atoms with Gasteiger partial charge in [-0.2, -0.15) is 0 Å². The maximum atomic E-state index is 13.3. The highest BCUT2D eigenvalue weighted by atomic mass is 19.1. The molecule has 0 radical (unpaired) electrons. The Labute approximate surface area is 107 Å². The number of benzene rings is 1. The summed E-state index contributed by atoms with van der Waals surface area (Å²) in [5, 5.41) is 6.23. The Balaban J connectivity index is 2.06. The lowest BCUT2D eigenvalue weighted by Crippen LogP contribution is -2.50. The number of hydrogen-bond donors (Lipinski definition) is 2. The summed E-state index contributed by atoms with van der Waals surface area (Å²) >= 11 is 0. The monoisotopic (exact) mass is 250 g/mol. The quantitative estimate of drug-likeness (QED) is 0.841. The number of hydrogen-bond acceptors (Lipinski definition) is 2. The highest BCUT2D eigenvalue weighted by molar-refractivity contribution is 5.94. The summed E-state index contributed by atoms with van der Waals surface area (Å²) < 4.78 is 13.3. The Kier molecular flexibility index (Phi) is 3.97. The van der Waals surface area contributed by atoms with Crippen molar-refractivity contribution in [3.8, 4) is 0 Å². The fourth-order valence-corrected chi connectivity index (χ4v) is 2.30. The molecule has 0 saturated carbocycles. The molecule has 1 aromatic rings. The maximum Gasteiger partial charge on any atom is 0.251 e. The van der Waals surface area contributed by atoms with Crippen molar-refractivity contribution in [2.45, 2.75) is 26.3 Å². The van der Waals surface area contributed by atoms with E-state index in [0.717, 1.165) is 25.1 Å².